The number of phenolic OH excluding ortho intramolecular Hbond substituents is 2. The summed E-state index contributed by atoms with van der Waals surface area (Å²) in [5.74, 6) is 0.0803. The van der Waals surface area contributed by atoms with Gasteiger partial charge in [0.15, 0.2) is 11.4 Å². The summed E-state index contributed by atoms with van der Waals surface area (Å²) < 4.78 is 17.6. The van der Waals surface area contributed by atoms with Crippen LogP contribution < -0.4 is 16.2 Å². The smallest absolute Gasteiger partial charge is 0.340 e. The van der Waals surface area contributed by atoms with Crippen molar-refractivity contribution < 1.29 is 44.2 Å². The molecule has 11 heteroatoms. The molecule has 3 aromatic rings. The first kappa shape index (κ1) is 45.1. The first-order valence-corrected chi connectivity index (χ1v) is 22.3. The van der Waals surface area contributed by atoms with Crippen molar-refractivity contribution in [3.8, 4) is 23.0 Å². The molecule has 0 aromatic heterocycles. The Hall–Kier alpha value is -4.94. The highest BCUT2D eigenvalue weighted by Crippen LogP contribution is 2.60. The van der Waals surface area contributed by atoms with Gasteiger partial charge in [0.05, 0.1) is 23.3 Å². The Balaban J connectivity index is 0.000000189. The summed E-state index contributed by atoms with van der Waals surface area (Å²) in [6.07, 6.45) is 16.9. The van der Waals surface area contributed by atoms with E-state index in [1.54, 1.807) is 29.8 Å². The predicted molar refractivity (Wildman–Crippen MR) is 238 cm³/mol. The number of ether oxygens (including phenoxy) is 3. The van der Waals surface area contributed by atoms with Crippen molar-refractivity contribution in [1.82, 2.24) is 0 Å². The molecule has 2 heterocycles. The normalized spacial score (nSPS) is 26.4. The van der Waals surface area contributed by atoms with Gasteiger partial charge in [-0.25, -0.2) is 4.79 Å². The van der Waals surface area contributed by atoms with E-state index in [1.807, 2.05) is 13.8 Å². The van der Waals surface area contributed by atoms with E-state index in [9.17, 15) is 30.0 Å². The average Bonchev–Trinajstić information content (AvgIpc) is 3.72. The Bertz CT molecular complexity index is 2220. The molecule has 11 nitrogen and oxygen atoms in total. The van der Waals surface area contributed by atoms with Gasteiger partial charge in [0.2, 0.25) is 5.91 Å². The molecule has 62 heavy (non-hydrogen) atoms. The quantitative estimate of drug-likeness (QED) is 0.0615. The summed E-state index contributed by atoms with van der Waals surface area (Å²) in [6, 6.07) is 13.7. The van der Waals surface area contributed by atoms with E-state index in [0.717, 1.165) is 42.7 Å². The Morgan fingerprint density at radius 1 is 1.00 bits per heavy atom. The topological polar surface area (TPSA) is 195 Å². The number of allylic oxidation sites excluding steroid dienone is 4. The van der Waals surface area contributed by atoms with Crippen molar-refractivity contribution in [2.75, 3.05) is 13.2 Å². The number of aromatic hydroxyl groups is 2. The highest BCUT2D eigenvalue weighted by molar-refractivity contribution is 6.08. The van der Waals surface area contributed by atoms with Crippen LogP contribution >= 0.6 is 0 Å². The van der Waals surface area contributed by atoms with Crippen LogP contribution in [0.1, 0.15) is 142 Å². The van der Waals surface area contributed by atoms with Crippen LogP contribution in [0.5, 0.6) is 23.0 Å². The van der Waals surface area contributed by atoms with Gasteiger partial charge in [0.1, 0.15) is 23.0 Å². The first-order valence-electron chi connectivity index (χ1n) is 22.3. The molecule has 1 amide bonds. The number of hydrogen-bond acceptors (Lipinski definition) is 10. The number of aliphatic hydroxyl groups is 2. The fourth-order valence-corrected chi connectivity index (χ4v) is 11.1. The van der Waals surface area contributed by atoms with Crippen molar-refractivity contribution in [3.63, 3.8) is 0 Å². The van der Waals surface area contributed by atoms with E-state index in [0.29, 0.717) is 59.9 Å². The average molecular weight is 849 g/mol. The molecule has 5 atom stereocenters. The number of benzene rings is 3. The summed E-state index contributed by atoms with van der Waals surface area (Å²) in [6.45, 7) is 14.2. The standard InChI is InChI=1S/C30H51NO3.C21H13NO6/c1-22-15-18-30(33,34-20-8-19-31)21-25(22)12-11-24-10-7-17-29(5)26(13-14-27(24)29)23(2)9-6-16-28(3,4)32;22-19(25)12-2-1-3-15-18(12)20(26)28-21(15)13-6-4-10(23)8-16(13)27-17-9-11(24)5-7-14(17)21/h11-12,23,26-27,32-33H,1,6-10,13-21,31H2,2-5H3;1-9,23-24H,(H2,22,25)/b24-11?,25-12-;/t23-,26-,27?,29-,30-;/m1./s1. The Kier molecular flexibility index (Phi) is 12.9. The monoisotopic (exact) mass is 848 g/mol. The highest BCUT2D eigenvalue weighted by Gasteiger charge is 2.55. The van der Waals surface area contributed by atoms with Gasteiger partial charge in [-0.15, -0.1) is 0 Å². The number of phenols is 2. The summed E-state index contributed by atoms with van der Waals surface area (Å²) >= 11 is 0. The van der Waals surface area contributed by atoms with Crippen molar-refractivity contribution in [3.05, 3.63) is 118 Å². The van der Waals surface area contributed by atoms with E-state index in [-0.39, 0.29) is 34.1 Å². The second-order valence-corrected chi connectivity index (χ2v) is 19.1. The fourth-order valence-electron chi connectivity index (χ4n) is 11.1. The summed E-state index contributed by atoms with van der Waals surface area (Å²) in [4.78, 5) is 24.7. The number of carbonyl (C=O) groups excluding carboxylic acids is 2. The van der Waals surface area contributed by atoms with Crippen molar-refractivity contribution in [2.24, 2.45) is 34.6 Å². The van der Waals surface area contributed by atoms with Crippen LogP contribution in [-0.2, 0) is 15.1 Å². The number of amides is 1. The van der Waals surface area contributed by atoms with Crippen molar-refractivity contribution in [2.45, 2.75) is 122 Å². The van der Waals surface area contributed by atoms with E-state index in [2.05, 4.69) is 32.6 Å². The van der Waals surface area contributed by atoms with E-state index < -0.39 is 28.9 Å². The van der Waals surface area contributed by atoms with Gasteiger partial charge in [-0.05, 0) is 131 Å². The van der Waals surface area contributed by atoms with Gasteiger partial charge in [-0.2, -0.15) is 0 Å². The number of carbonyl (C=O) groups is 2. The Morgan fingerprint density at radius 3 is 2.34 bits per heavy atom. The molecule has 1 spiro atoms. The van der Waals surface area contributed by atoms with Crippen LogP contribution in [0, 0.1) is 23.2 Å². The third kappa shape index (κ3) is 8.82. The summed E-state index contributed by atoms with van der Waals surface area (Å²) in [7, 11) is 0. The number of fused-ring (bicyclic) bond motifs is 7. The summed E-state index contributed by atoms with van der Waals surface area (Å²) in [5.41, 5.74) is 14.9. The maximum absolute atomic E-state index is 12.8. The highest BCUT2D eigenvalue weighted by atomic mass is 16.6. The van der Waals surface area contributed by atoms with Crippen molar-refractivity contribution >= 4 is 11.9 Å². The lowest BCUT2D eigenvalue weighted by atomic mass is 9.60. The zero-order chi connectivity index (χ0) is 44.6. The van der Waals surface area contributed by atoms with Crippen LogP contribution in [0.3, 0.4) is 0 Å². The lowest BCUT2D eigenvalue weighted by Crippen LogP contribution is -2.37. The van der Waals surface area contributed by atoms with Crippen LogP contribution in [-0.4, -0.2) is 56.8 Å². The van der Waals surface area contributed by atoms with Gasteiger partial charge in [0.25, 0.3) is 0 Å². The van der Waals surface area contributed by atoms with Crippen LogP contribution in [0.15, 0.2) is 90.0 Å². The zero-order valence-electron chi connectivity index (χ0n) is 36.7. The molecule has 5 aliphatic rings. The zero-order valence-corrected chi connectivity index (χ0v) is 36.7. The molecule has 3 fully saturated rings. The summed E-state index contributed by atoms with van der Waals surface area (Å²) in [5, 5.41) is 40.8. The third-order valence-corrected chi connectivity index (χ3v) is 14.2. The molecule has 0 bridgehead atoms. The molecule has 332 valence electrons. The minimum Gasteiger partial charge on any atom is -0.508 e. The van der Waals surface area contributed by atoms with Gasteiger partial charge in [-0.1, -0.05) is 68.7 Å². The molecule has 8 rings (SSSR count). The largest absolute Gasteiger partial charge is 0.508 e. The predicted octanol–water partition coefficient (Wildman–Crippen LogP) is 9.19. The molecular formula is C51H64N2O9. The van der Waals surface area contributed by atoms with E-state index in [4.69, 9.17) is 25.7 Å². The van der Waals surface area contributed by atoms with Gasteiger partial charge < -0.3 is 46.1 Å². The molecule has 8 N–H and O–H groups in total. The lowest BCUT2D eigenvalue weighted by molar-refractivity contribution is -0.209. The lowest BCUT2D eigenvalue weighted by Gasteiger charge is -2.44. The van der Waals surface area contributed by atoms with Crippen LogP contribution in [0.4, 0.5) is 0 Å². The van der Waals surface area contributed by atoms with Gasteiger partial charge in [0, 0.05) is 41.7 Å². The second kappa shape index (κ2) is 17.7. The van der Waals surface area contributed by atoms with E-state index in [1.165, 1.54) is 68.9 Å². The molecule has 0 radical (unpaired) electrons. The maximum atomic E-state index is 12.8. The molecule has 1 unspecified atom stereocenters. The molecule has 3 aromatic carbocycles. The maximum Gasteiger partial charge on any atom is 0.340 e. The second-order valence-electron chi connectivity index (χ2n) is 19.1. The third-order valence-electron chi connectivity index (χ3n) is 14.2. The number of rotatable bonds is 11. The Morgan fingerprint density at radius 2 is 1.69 bits per heavy atom. The van der Waals surface area contributed by atoms with E-state index >= 15 is 0 Å². The Labute approximate surface area is 365 Å². The van der Waals surface area contributed by atoms with Gasteiger partial charge in [-0.3, -0.25) is 4.79 Å². The number of esters is 1. The molecule has 2 aliphatic heterocycles. The number of nitrogens with two attached hydrogens (primary N) is 2. The fraction of sp³-hybridized carbons (Fsp3) is 0.490. The van der Waals surface area contributed by atoms with Crippen molar-refractivity contribution in [1.29, 1.82) is 0 Å². The minimum atomic E-state index is -1.40. The SMILES string of the molecule is C=C1CC[C@@](O)(OCCCN)C/C1=C/C=C1CCC[C@@]2(C)C1CC[C@@H]2[C@H](C)CCCC(C)(C)O.NC(=O)c1cccc2c1C(=O)OC21c2ccc(O)cc2Oc2cc(O)ccc21. The number of hydrogen-bond donors (Lipinski definition) is 6. The van der Waals surface area contributed by atoms with Gasteiger partial charge >= 0.3 is 5.97 Å². The molecular weight excluding hydrogens is 785 g/mol. The van der Waals surface area contributed by atoms with Crippen LogP contribution in [0.25, 0.3) is 0 Å². The molecule has 3 saturated carbocycles. The minimum absolute atomic E-state index is 0.0343. The number of primary amides is 1. The molecule has 3 aliphatic carbocycles. The first-order chi connectivity index (χ1) is 29.4. The van der Waals surface area contributed by atoms with Crippen LogP contribution in [0.2, 0.25) is 0 Å². The molecule has 0 saturated heterocycles.